The van der Waals surface area contributed by atoms with Crippen molar-refractivity contribution < 1.29 is 18.7 Å². The fraction of sp³-hybridized carbons (Fsp3) is 0.0833. The molecular weight excluding hydrogens is 369 g/mol. The van der Waals surface area contributed by atoms with Gasteiger partial charge in [-0.15, -0.1) is 0 Å². The standard InChI is InChI=1S/C24H18FNO3/c1-16-9-12-19(15-22(16)25)23(27)26-21-8-4-6-18(14-21)11-10-17-5-3-7-20(13-17)24(28)29-2/h3-9,12-15H,1-2H3,(H,26,27). The van der Waals surface area contributed by atoms with Crippen molar-refractivity contribution in [3.63, 3.8) is 0 Å². The van der Waals surface area contributed by atoms with E-state index in [0.717, 1.165) is 0 Å². The van der Waals surface area contributed by atoms with Gasteiger partial charge < -0.3 is 10.1 Å². The number of nitrogens with one attached hydrogen (secondary N) is 1. The Labute approximate surface area is 168 Å². The lowest BCUT2D eigenvalue weighted by Crippen LogP contribution is -2.12. The van der Waals surface area contributed by atoms with Gasteiger partial charge in [0.2, 0.25) is 0 Å². The van der Waals surface area contributed by atoms with E-state index in [4.69, 9.17) is 4.74 Å². The molecule has 0 saturated heterocycles. The Kier molecular flexibility index (Phi) is 6.06. The lowest BCUT2D eigenvalue weighted by molar-refractivity contribution is 0.0600. The van der Waals surface area contributed by atoms with Gasteiger partial charge in [-0.25, -0.2) is 9.18 Å². The Balaban J connectivity index is 1.77. The van der Waals surface area contributed by atoms with E-state index < -0.39 is 17.7 Å². The lowest BCUT2D eigenvalue weighted by atomic mass is 10.1. The summed E-state index contributed by atoms with van der Waals surface area (Å²) in [4.78, 5) is 24.0. The van der Waals surface area contributed by atoms with Gasteiger partial charge in [0.15, 0.2) is 0 Å². The highest BCUT2D eigenvalue weighted by Crippen LogP contribution is 2.14. The van der Waals surface area contributed by atoms with Crippen LogP contribution in [-0.4, -0.2) is 19.0 Å². The first-order valence-corrected chi connectivity index (χ1v) is 8.84. The SMILES string of the molecule is COC(=O)c1cccc(C#Cc2cccc(NC(=O)c3ccc(C)c(F)c3)c2)c1. The Morgan fingerprint density at radius 2 is 1.59 bits per heavy atom. The fourth-order valence-electron chi connectivity index (χ4n) is 2.60. The molecule has 3 aromatic carbocycles. The third-order valence-corrected chi connectivity index (χ3v) is 4.19. The summed E-state index contributed by atoms with van der Waals surface area (Å²) < 4.78 is 18.4. The van der Waals surface area contributed by atoms with Crippen molar-refractivity contribution in [2.45, 2.75) is 6.92 Å². The molecule has 0 fully saturated rings. The summed E-state index contributed by atoms with van der Waals surface area (Å²) in [5.74, 6) is 4.74. The summed E-state index contributed by atoms with van der Waals surface area (Å²) in [5, 5.41) is 2.74. The van der Waals surface area contributed by atoms with Crippen molar-refractivity contribution in [3.05, 3.63) is 100 Å². The molecule has 0 saturated carbocycles. The second-order valence-electron chi connectivity index (χ2n) is 6.32. The van der Waals surface area contributed by atoms with Gasteiger partial charge in [-0.1, -0.05) is 30.0 Å². The molecule has 1 N–H and O–H groups in total. The Bertz CT molecular complexity index is 1140. The molecule has 1 amide bonds. The number of hydrogen-bond donors (Lipinski definition) is 1. The second kappa shape index (κ2) is 8.85. The fourth-order valence-corrected chi connectivity index (χ4v) is 2.60. The van der Waals surface area contributed by atoms with Crippen molar-refractivity contribution in [2.24, 2.45) is 0 Å². The van der Waals surface area contributed by atoms with Crippen molar-refractivity contribution in [2.75, 3.05) is 12.4 Å². The molecule has 0 aliphatic carbocycles. The largest absolute Gasteiger partial charge is 0.465 e. The Morgan fingerprint density at radius 1 is 0.897 bits per heavy atom. The highest BCUT2D eigenvalue weighted by molar-refractivity contribution is 6.04. The summed E-state index contributed by atoms with van der Waals surface area (Å²) in [6.07, 6.45) is 0. The van der Waals surface area contributed by atoms with Crippen LogP contribution in [0, 0.1) is 24.6 Å². The van der Waals surface area contributed by atoms with Crippen LogP contribution < -0.4 is 5.32 Å². The van der Waals surface area contributed by atoms with Crippen LogP contribution in [0.1, 0.15) is 37.4 Å². The molecule has 0 aliphatic heterocycles. The molecule has 0 heterocycles. The molecule has 3 rings (SSSR count). The van der Waals surface area contributed by atoms with Gasteiger partial charge >= 0.3 is 5.97 Å². The van der Waals surface area contributed by atoms with E-state index in [-0.39, 0.29) is 5.56 Å². The molecule has 0 atom stereocenters. The molecule has 0 bridgehead atoms. The molecular formula is C24H18FNO3. The van der Waals surface area contributed by atoms with Crippen molar-refractivity contribution in [1.82, 2.24) is 0 Å². The molecule has 0 spiro atoms. The maximum atomic E-state index is 13.7. The van der Waals surface area contributed by atoms with Crippen LogP contribution in [0.2, 0.25) is 0 Å². The molecule has 0 unspecified atom stereocenters. The Morgan fingerprint density at radius 3 is 2.28 bits per heavy atom. The van der Waals surface area contributed by atoms with Gasteiger partial charge in [0.1, 0.15) is 5.82 Å². The molecule has 0 aromatic heterocycles. The maximum Gasteiger partial charge on any atom is 0.337 e. The van der Waals surface area contributed by atoms with E-state index in [9.17, 15) is 14.0 Å². The first-order chi connectivity index (χ1) is 14.0. The predicted molar refractivity (Wildman–Crippen MR) is 109 cm³/mol. The number of halogens is 1. The smallest absolute Gasteiger partial charge is 0.337 e. The van der Waals surface area contributed by atoms with Crippen LogP contribution in [0.4, 0.5) is 10.1 Å². The van der Waals surface area contributed by atoms with Crippen LogP contribution in [0.15, 0.2) is 66.7 Å². The maximum absolute atomic E-state index is 13.7. The molecule has 144 valence electrons. The zero-order valence-corrected chi connectivity index (χ0v) is 16.0. The third-order valence-electron chi connectivity index (χ3n) is 4.19. The van der Waals surface area contributed by atoms with Gasteiger partial charge in [0.05, 0.1) is 12.7 Å². The number of amides is 1. The minimum absolute atomic E-state index is 0.240. The molecule has 4 nitrogen and oxygen atoms in total. The van der Waals surface area contributed by atoms with Crippen LogP contribution in [0.5, 0.6) is 0 Å². The second-order valence-corrected chi connectivity index (χ2v) is 6.32. The van der Waals surface area contributed by atoms with E-state index >= 15 is 0 Å². The number of rotatable bonds is 3. The molecule has 0 aliphatic rings. The normalized spacial score (nSPS) is 9.90. The number of aryl methyl sites for hydroxylation is 1. The Hall–Kier alpha value is -3.91. The van der Waals surface area contributed by atoms with Crippen molar-refractivity contribution in [3.8, 4) is 11.8 Å². The van der Waals surface area contributed by atoms with Crippen LogP contribution in [-0.2, 0) is 4.74 Å². The van der Waals surface area contributed by atoms with Gasteiger partial charge in [-0.3, -0.25) is 4.79 Å². The number of esters is 1. The minimum atomic E-state index is -0.425. The van der Waals surface area contributed by atoms with Crippen molar-refractivity contribution >= 4 is 17.6 Å². The molecule has 29 heavy (non-hydrogen) atoms. The number of ether oxygens (including phenoxy) is 1. The van der Waals surface area contributed by atoms with Gasteiger partial charge in [0, 0.05) is 22.4 Å². The number of anilines is 1. The quantitative estimate of drug-likeness (QED) is 0.529. The van der Waals surface area contributed by atoms with Gasteiger partial charge in [-0.2, -0.15) is 0 Å². The zero-order chi connectivity index (χ0) is 20.8. The van der Waals surface area contributed by atoms with Gasteiger partial charge in [0.25, 0.3) is 5.91 Å². The number of carbonyl (C=O) groups is 2. The van der Waals surface area contributed by atoms with Crippen LogP contribution >= 0.6 is 0 Å². The zero-order valence-electron chi connectivity index (χ0n) is 16.0. The molecule has 3 aromatic rings. The monoisotopic (exact) mass is 387 g/mol. The predicted octanol–water partition coefficient (Wildman–Crippen LogP) is 4.57. The third kappa shape index (κ3) is 5.08. The molecule has 0 radical (unpaired) electrons. The summed E-state index contributed by atoms with van der Waals surface area (Å²) in [7, 11) is 1.32. The average molecular weight is 387 g/mol. The number of carbonyl (C=O) groups excluding carboxylic acids is 2. The van der Waals surface area contributed by atoms with E-state index in [1.54, 1.807) is 67.6 Å². The summed E-state index contributed by atoms with van der Waals surface area (Å²) in [6.45, 7) is 1.64. The van der Waals surface area contributed by atoms with E-state index in [1.807, 2.05) is 0 Å². The van der Waals surface area contributed by atoms with E-state index in [0.29, 0.717) is 27.9 Å². The number of hydrogen-bond acceptors (Lipinski definition) is 3. The lowest BCUT2D eigenvalue weighted by Gasteiger charge is -2.06. The summed E-state index contributed by atoms with van der Waals surface area (Å²) in [6, 6.07) is 18.2. The minimum Gasteiger partial charge on any atom is -0.465 e. The summed E-state index contributed by atoms with van der Waals surface area (Å²) >= 11 is 0. The number of methoxy groups -OCH3 is 1. The van der Waals surface area contributed by atoms with Crippen LogP contribution in [0.3, 0.4) is 0 Å². The summed E-state index contributed by atoms with van der Waals surface area (Å²) in [5.41, 5.74) is 3.04. The molecule has 5 heteroatoms. The highest BCUT2D eigenvalue weighted by atomic mass is 19.1. The topological polar surface area (TPSA) is 55.4 Å². The number of benzene rings is 3. The van der Waals surface area contributed by atoms with Crippen LogP contribution in [0.25, 0.3) is 0 Å². The van der Waals surface area contributed by atoms with Crippen molar-refractivity contribution in [1.29, 1.82) is 0 Å². The first kappa shape index (κ1) is 19.8. The van der Waals surface area contributed by atoms with Gasteiger partial charge in [-0.05, 0) is 61.0 Å². The average Bonchev–Trinajstić information content (AvgIpc) is 2.74. The van der Waals surface area contributed by atoms with E-state index in [2.05, 4.69) is 17.2 Å². The first-order valence-electron chi connectivity index (χ1n) is 8.84. The van der Waals surface area contributed by atoms with E-state index in [1.165, 1.54) is 13.2 Å². The highest BCUT2D eigenvalue weighted by Gasteiger charge is 2.09.